The summed E-state index contributed by atoms with van der Waals surface area (Å²) in [6.45, 7) is 4.59. The topological polar surface area (TPSA) is 84.0 Å². The van der Waals surface area contributed by atoms with E-state index in [1.807, 2.05) is 48.5 Å². The van der Waals surface area contributed by atoms with E-state index in [9.17, 15) is 9.59 Å². The van der Waals surface area contributed by atoms with E-state index < -0.39 is 17.7 Å². The molecule has 0 atom stereocenters. The van der Waals surface area contributed by atoms with Gasteiger partial charge in [0.25, 0.3) is 0 Å². The maximum absolute atomic E-state index is 13.0. The molecule has 3 aromatic carbocycles. The highest BCUT2D eigenvalue weighted by Gasteiger charge is 2.46. The number of piperazine rings is 1. The number of nitrogens with one attached hydrogen (secondary N) is 1. The summed E-state index contributed by atoms with van der Waals surface area (Å²) in [6, 6.07) is 28.7. The standard InChI is InChI=1S/C34H36N4O4/c1-41-32(39)24-35-33(40)42-34(28-13-5-3-11-26(28)27-12-4-6-14-29(27)34)18-8-9-19-37-20-22-38(23-21-37)31-17-16-25-10-2-7-15-30(25)36-31/h2-7,10-17H,8-9,18-24H2,1H3,(H,35,40). The molecular formula is C34H36N4O4. The summed E-state index contributed by atoms with van der Waals surface area (Å²) >= 11 is 0. The molecule has 1 aromatic heterocycles. The summed E-state index contributed by atoms with van der Waals surface area (Å²) in [5.41, 5.74) is 4.22. The van der Waals surface area contributed by atoms with Gasteiger partial charge in [0.1, 0.15) is 12.4 Å². The van der Waals surface area contributed by atoms with Crippen molar-refractivity contribution in [3.63, 3.8) is 0 Å². The molecule has 0 unspecified atom stereocenters. The molecule has 6 rings (SSSR count). The molecule has 1 amide bonds. The lowest BCUT2D eigenvalue weighted by molar-refractivity contribution is -0.139. The van der Waals surface area contributed by atoms with Gasteiger partial charge in [-0.15, -0.1) is 0 Å². The van der Waals surface area contributed by atoms with Crippen LogP contribution in [0.2, 0.25) is 0 Å². The summed E-state index contributed by atoms with van der Waals surface area (Å²) in [6.07, 6.45) is 1.87. The number of fused-ring (bicyclic) bond motifs is 4. The zero-order valence-electron chi connectivity index (χ0n) is 23.9. The van der Waals surface area contributed by atoms with Crippen molar-refractivity contribution in [1.82, 2.24) is 15.2 Å². The van der Waals surface area contributed by atoms with E-state index in [-0.39, 0.29) is 6.54 Å². The van der Waals surface area contributed by atoms with Gasteiger partial charge in [0.2, 0.25) is 0 Å². The zero-order valence-corrected chi connectivity index (χ0v) is 23.9. The third-order valence-corrected chi connectivity index (χ3v) is 8.42. The number of nitrogens with zero attached hydrogens (tertiary/aromatic N) is 3. The molecule has 4 aromatic rings. The largest absolute Gasteiger partial charge is 0.468 e. The van der Waals surface area contributed by atoms with Crippen LogP contribution in [0.3, 0.4) is 0 Å². The number of carbonyl (C=O) groups is 2. The average molecular weight is 565 g/mol. The van der Waals surface area contributed by atoms with Gasteiger partial charge in [0.15, 0.2) is 5.60 Å². The minimum atomic E-state index is -0.923. The SMILES string of the molecule is COC(=O)CNC(=O)OC1(CCCCN2CCN(c3ccc4ccccc4n3)CC2)c2ccccc2-c2ccccc21. The predicted molar refractivity (Wildman–Crippen MR) is 163 cm³/mol. The summed E-state index contributed by atoms with van der Waals surface area (Å²) in [4.78, 5) is 34.4. The number of pyridine rings is 1. The number of ether oxygens (including phenoxy) is 2. The number of amides is 1. The lowest BCUT2D eigenvalue weighted by Gasteiger charge is -2.36. The fourth-order valence-electron chi connectivity index (χ4n) is 6.27. The van der Waals surface area contributed by atoms with Gasteiger partial charge in [-0.25, -0.2) is 9.78 Å². The summed E-state index contributed by atoms with van der Waals surface area (Å²) < 4.78 is 10.9. The third-order valence-electron chi connectivity index (χ3n) is 8.42. The highest BCUT2D eigenvalue weighted by Crippen LogP contribution is 2.52. The number of unbranched alkanes of at least 4 members (excludes halogenated alkanes) is 1. The van der Waals surface area contributed by atoms with Gasteiger partial charge in [0.05, 0.1) is 12.6 Å². The number of hydrogen-bond donors (Lipinski definition) is 1. The van der Waals surface area contributed by atoms with Crippen molar-refractivity contribution in [3.8, 4) is 11.1 Å². The van der Waals surface area contributed by atoms with Crippen molar-refractivity contribution in [2.45, 2.75) is 24.9 Å². The maximum atomic E-state index is 13.0. The Morgan fingerprint density at radius 1 is 0.833 bits per heavy atom. The van der Waals surface area contributed by atoms with Crippen LogP contribution in [-0.2, 0) is 19.9 Å². The number of anilines is 1. The molecule has 2 heterocycles. The van der Waals surface area contributed by atoms with Crippen LogP contribution in [0.1, 0.15) is 30.4 Å². The van der Waals surface area contributed by atoms with Gasteiger partial charge in [0, 0.05) is 42.7 Å². The Labute approximate surface area is 246 Å². The first-order valence-corrected chi connectivity index (χ1v) is 14.6. The number of esters is 1. The summed E-state index contributed by atoms with van der Waals surface area (Å²) in [7, 11) is 1.29. The molecule has 42 heavy (non-hydrogen) atoms. The Kier molecular flexibility index (Phi) is 8.06. The van der Waals surface area contributed by atoms with Crippen molar-refractivity contribution in [2.24, 2.45) is 0 Å². The number of aromatic nitrogens is 1. The molecule has 0 bridgehead atoms. The molecule has 0 spiro atoms. The third kappa shape index (κ3) is 5.54. The van der Waals surface area contributed by atoms with E-state index in [4.69, 9.17) is 9.72 Å². The molecule has 8 heteroatoms. The van der Waals surface area contributed by atoms with Crippen molar-refractivity contribution in [2.75, 3.05) is 51.3 Å². The van der Waals surface area contributed by atoms with E-state index in [0.717, 1.165) is 84.5 Å². The lowest BCUT2D eigenvalue weighted by atomic mass is 9.86. The van der Waals surface area contributed by atoms with Gasteiger partial charge in [-0.05, 0) is 55.1 Å². The number of benzene rings is 3. The molecule has 1 aliphatic carbocycles. The fourth-order valence-corrected chi connectivity index (χ4v) is 6.27. The van der Waals surface area contributed by atoms with Crippen molar-refractivity contribution in [1.29, 1.82) is 0 Å². The second-order valence-corrected chi connectivity index (χ2v) is 10.9. The highest BCUT2D eigenvalue weighted by atomic mass is 16.6. The van der Waals surface area contributed by atoms with Crippen LogP contribution in [0.4, 0.5) is 10.6 Å². The van der Waals surface area contributed by atoms with E-state index in [1.54, 1.807) is 0 Å². The number of hydrogen-bond acceptors (Lipinski definition) is 7. The van der Waals surface area contributed by atoms with Crippen LogP contribution >= 0.6 is 0 Å². The Hall–Kier alpha value is -4.43. The predicted octanol–water partition coefficient (Wildman–Crippen LogP) is 5.35. The molecule has 0 radical (unpaired) electrons. The van der Waals surface area contributed by atoms with Gasteiger partial charge in [-0.3, -0.25) is 9.69 Å². The van der Waals surface area contributed by atoms with Crippen LogP contribution < -0.4 is 10.2 Å². The summed E-state index contributed by atoms with van der Waals surface area (Å²) in [5, 5.41) is 3.72. The minimum absolute atomic E-state index is 0.241. The molecule has 0 saturated carbocycles. The minimum Gasteiger partial charge on any atom is -0.468 e. The van der Waals surface area contributed by atoms with Crippen molar-refractivity contribution < 1.29 is 19.1 Å². The fraction of sp³-hybridized carbons (Fsp3) is 0.324. The molecule has 1 aliphatic heterocycles. The first-order chi connectivity index (χ1) is 20.6. The number of rotatable bonds is 9. The Morgan fingerprint density at radius 3 is 2.21 bits per heavy atom. The van der Waals surface area contributed by atoms with Gasteiger partial charge in [-0.1, -0.05) is 66.7 Å². The van der Waals surface area contributed by atoms with Crippen LogP contribution in [0, 0.1) is 0 Å². The normalized spacial score (nSPS) is 15.6. The second-order valence-electron chi connectivity index (χ2n) is 10.9. The maximum Gasteiger partial charge on any atom is 0.408 e. The van der Waals surface area contributed by atoms with Crippen LogP contribution in [0.15, 0.2) is 84.9 Å². The van der Waals surface area contributed by atoms with Gasteiger partial charge >= 0.3 is 12.1 Å². The Morgan fingerprint density at radius 2 is 1.50 bits per heavy atom. The van der Waals surface area contributed by atoms with Crippen LogP contribution in [0.25, 0.3) is 22.0 Å². The van der Waals surface area contributed by atoms with Gasteiger partial charge < -0.3 is 19.7 Å². The molecular weight excluding hydrogens is 528 g/mol. The zero-order chi connectivity index (χ0) is 28.9. The van der Waals surface area contributed by atoms with E-state index in [2.05, 4.69) is 56.3 Å². The smallest absolute Gasteiger partial charge is 0.408 e. The first-order valence-electron chi connectivity index (χ1n) is 14.6. The molecule has 216 valence electrons. The van der Waals surface area contributed by atoms with E-state index in [0.29, 0.717) is 6.42 Å². The quantitative estimate of drug-likeness (QED) is 0.217. The number of carbonyl (C=O) groups excluding carboxylic acids is 2. The number of para-hydroxylation sites is 1. The van der Waals surface area contributed by atoms with Crippen LogP contribution in [-0.4, -0.2) is 68.3 Å². The van der Waals surface area contributed by atoms with E-state index >= 15 is 0 Å². The van der Waals surface area contributed by atoms with E-state index in [1.165, 1.54) is 7.11 Å². The second kappa shape index (κ2) is 12.2. The molecule has 1 saturated heterocycles. The Balaban J connectivity index is 1.10. The summed E-state index contributed by atoms with van der Waals surface area (Å²) in [5.74, 6) is 0.515. The molecule has 2 aliphatic rings. The number of methoxy groups -OCH3 is 1. The lowest BCUT2D eigenvalue weighted by Crippen LogP contribution is -2.47. The molecule has 1 N–H and O–H groups in total. The Bertz CT molecular complexity index is 1540. The average Bonchev–Trinajstić information content (AvgIpc) is 3.31. The van der Waals surface area contributed by atoms with Crippen molar-refractivity contribution in [3.05, 3.63) is 96.1 Å². The van der Waals surface area contributed by atoms with Crippen LogP contribution in [0.5, 0.6) is 0 Å². The highest BCUT2D eigenvalue weighted by molar-refractivity contribution is 5.83. The monoisotopic (exact) mass is 564 g/mol. The molecule has 8 nitrogen and oxygen atoms in total. The van der Waals surface area contributed by atoms with Crippen molar-refractivity contribution >= 4 is 28.8 Å². The number of alkyl carbamates (subject to hydrolysis) is 1. The first kappa shape index (κ1) is 27.7. The van der Waals surface area contributed by atoms with Gasteiger partial charge in [-0.2, -0.15) is 0 Å². The molecule has 1 fully saturated rings.